The number of alkyl halides is 2. The third kappa shape index (κ3) is 4.80. The van der Waals surface area contributed by atoms with Crippen molar-refractivity contribution in [3.8, 4) is 0 Å². The summed E-state index contributed by atoms with van der Waals surface area (Å²) in [5.41, 5.74) is 0. The second kappa shape index (κ2) is 3.63. The van der Waals surface area contributed by atoms with Crippen LogP contribution < -0.4 is 18.9 Å². The molecule has 44 valence electrons. The van der Waals surface area contributed by atoms with Crippen LogP contribution in [0.25, 0.3) is 0 Å². The molecule has 0 aliphatic rings. The molecule has 0 saturated carbocycles. The Morgan fingerprint density at radius 3 is 1.88 bits per heavy atom. The molecule has 0 aromatic heterocycles. The molecule has 1 N–H and O–H groups in total. The van der Waals surface area contributed by atoms with Crippen molar-refractivity contribution in [1.29, 1.82) is 0 Å². The van der Waals surface area contributed by atoms with Gasteiger partial charge in [-0.2, -0.15) is 0 Å². The van der Waals surface area contributed by atoms with Gasteiger partial charge in [-0.3, -0.25) is 0 Å². The monoisotopic (exact) mass is 150 g/mol. The first-order valence-corrected chi connectivity index (χ1v) is 2.31. The van der Waals surface area contributed by atoms with E-state index in [1.54, 1.807) is 0 Å². The molecule has 0 aliphatic heterocycles. The van der Waals surface area contributed by atoms with Gasteiger partial charge >= 0.3 is 24.8 Å². The molecule has 0 saturated heterocycles. The van der Waals surface area contributed by atoms with Gasteiger partial charge in [-0.05, 0) is 6.92 Å². The van der Waals surface area contributed by atoms with Crippen LogP contribution in [-0.2, 0) is 4.79 Å². The van der Waals surface area contributed by atoms with Crippen LogP contribution >= 0.6 is 23.2 Å². The molecule has 0 radical (unpaired) electrons. The number of rotatable bonds is 1. The zero-order valence-corrected chi connectivity index (χ0v) is 6.12. The van der Waals surface area contributed by atoms with Crippen molar-refractivity contribution in [2.45, 2.75) is 11.3 Å². The molecule has 0 unspecified atom stereocenters. The second-order valence-electron chi connectivity index (χ2n) is 1.19. The normalized spacial score (nSPS) is 9.88. The van der Waals surface area contributed by atoms with Crippen LogP contribution in [0.2, 0.25) is 0 Å². The van der Waals surface area contributed by atoms with E-state index in [9.17, 15) is 4.79 Å². The summed E-state index contributed by atoms with van der Waals surface area (Å²) >= 11 is 10.1. The molecule has 0 bridgehead atoms. The van der Waals surface area contributed by atoms with E-state index in [1.165, 1.54) is 6.92 Å². The van der Waals surface area contributed by atoms with Crippen LogP contribution in [0.5, 0.6) is 0 Å². The summed E-state index contributed by atoms with van der Waals surface area (Å²) in [4.78, 5) is 9.76. The van der Waals surface area contributed by atoms with Crippen LogP contribution in [0.4, 0.5) is 0 Å². The molecule has 2 nitrogen and oxygen atoms in total. The predicted octanol–water partition coefficient (Wildman–Crippen LogP) is -1.62. The van der Waals surface area contributed by atoms with Gasteiger partial charge in [0.15, 0.2) is 0 Å². The summed E-state index contributed by atoms with van der Waals surface area (Å²) in [6, 6.07) is 0. The Labute approximate surface area is 70.8 Å². The van der Waals surface area contributed by atoms with Gasteiger partial charge in [0.2, 0.25) is 4.33 Å². The van der Waals surface area contributed by atoms with E-state index in [0.717, 1.165) is 0 Å². The number of carboxylic acids is 1. The largest absolute Gasteiger partial charge is 1.00 e. The predicted molar refractivity (Wildman–Crippen MR) is 28.9 cm³/mol. The minimum atomic E-state index is -1.64. The summed E-state index contributed by atoms with van der Waals surface area (Å²) in [7, 11) is 0. The van der Waals surface area contributed by atoms with Gasteiger partial charge < -0.3 is 6.53 Å². The Kier molecular flexibility index (Phi) is 5.19. The zero-order chi connectivity index (χ0) is 6.08. The topological polar surface area (TPSA) is 37.3 Å². The summed E-state index contributed by atoms with van der Waals surface area (Å²) in [6.45, 7) is 1.19. The molecule has 0 amide bonds. The van der Waals surface area contributed by atoms with Crippen molar-refractivity contribution in [2.75, 3.05) is 0 Å². The number of halogens is 2. The smallest absolute Gasteiger partial charge is 1.00 e. The summed E-state index contributed by atoms with van der Waals surface area (Å²) in [6.07, 6.45) is 0. The molecule has 0 spiro atoms. The maximum Gasteiger partial charge on any atom is 1.00 e. The minimum absolute atomic E-state index is 0. The fourth-order valence-corrected chi connectivity index (χ4v) is 0. The van der Waals surface area contributed by atoms with E-state index >= 15 is 0 Å². The maximum atomic E-state index is 9.76. The molecule has 0 heterocycles. The molecule has 0 rings (SSSR count). The van der Waals surface area contributed by atoms with Crippen LogP contribution in [-0.4, -0.2) is 15.4 Å². The SMILES string of the molecule is CC(Cl)(Cl)C(=O)O.[H-].[Li+]. The van der Waals surface area contributed by atoms with E-state index in [1.807, 2.05) is 0 Å². The van der Waals surface area contributed by atoms with Gasteiger partial charge in [-0.15, -0.1) is 0 Å². The molecule has 0 atom stereocenters. The molecule has 0 fully saturated rings. The number of hydrogen-bond donors (Lipinski definition) is 1. The Hall–Kier alpha value is 0.647. The number of carbonyl (C=O) groups is 1. The van der Waals surface area contributed by atoms with Crippen LogP contribution in [0.1, 0.15) is 8.35 Å². The van der Waals surface area contributed by atoms with Gasteiger partial charge in [0.1, 0.15) is 0 Å². The number of carboxylic acid groups (broad SMARTS) is 1. The van der Waals surface area contributed by atoms with E-state index in [2.05, 4.69) is 0 Å². The van der Waals surface area contributed by atoms with E-state index in [4.69, 9.17) is 28.3 Å². The fraction of sp³-hybridized carbons (Fsp3) is 0.667. The van der Waals surface area contributed by atoms with Crippen molar-refractivity contribution >= 4 is 29.2 Å². The van der Waals surface area contributed by atoms with Crippen molar-refractivity contribution in [1.82, 2.24) is 0 Å². The summed E-state index contributed by atoms with van der Waals surface area (Å²) in [5.74, 6) is -1.23. The van der Waals surface area contributed by atoms with Gasteiger partial charge in [0, 0.05) is 0 Å². The average Bonchev–Trinajstić information content (AvgIpc) is 1.31. The molecule has 8 heavy (non-hydrogen) atoms. The molecular weight excluding hydrogens is 146 g/mol. The van der Waals surface area contributed by atoms with Crippen LogP contribution in [0, 0.1) is 0 Å². The molecule has 0 aromatic rings. The van der Waals surface area contributed by atoms with Gasteiger partial charge in [0.05, 0.1) is 0 Å². The first-order chi connectivity index (χ1) is 2.94. The molecule has 0 aliphatic carbocycles. The first kappa shape index (κ1) is 11.4. The van der Waals surface area contributed by atoms with E-state index < -0.39 is 10.3 Å². The Morgan fingerprint density at radius 2 is 1.88 bits per heavy atom. The van der Waals surface area contributed by atoms with Crippen LogP contribution in [0.3, 0.4) is 0 Å². The Morgan fingerprint density at radius 1 is 1.75 bits per heavy atom. The van der Waals surface area contributed by atoms with Crippen molar-refractivity contribution in [3.05, 3.63) is 0 Å². The first-order valence-electron chi connectivity index (χ1n) is 1.56. The minimum Gasteiger partial charge on any atom is -1.00 e. The molecular formula is C3H5Cl2LiO2. The molecule has 0 aromatic carbocycles. The summed E-state index contributed by atoms with van der Waals surface area (Å²) < 4.78 is -1.64. The number of hydrogen-bond acceptors (Lipinski definition) is 1. The third-order valence-electron chi connectivity index (χ3n) is 0.376. The second-order valence-corrected chi connectivity index (χ2v) is 2.90. The van der Waals surface area contributed by atoms with E-state index in [-0.39, 0.29) is 20.3 Å². The van der Waals surface area contributed by atoms with Crippen molar-refractivity contribution < 1.29 is 30.2 Å². The van der Waals surface area contributed by atoms with Crippen molar-refractivity contribution in [2.24, 2.45) is 0 Å². The Balaban J connectivity index is -0.000000180. The molecule has 5 heteroatoms. The quantitative estimate of drug-likeness (QED) is 0.361. The van der Waals surface area contributed by atoms with Crippen LogP contribution in [0.15, 0.2) is 0 Å². The zero-order valence-electron chi connectivity index (χ0n) is 5.61. The Bertz CT molecular complexity index is 92.3. The third-order valence-corrected chi connectivity index (χ3v) is 0.699. The number of aliphatic carboxylic acids is 1. The maximum absolute atomic E-state index is 9.76. The van der Waals surface area contributed by atoms with Crippen molar-refractivity contribution in [3.63, 3.8) is 0 Å². The van der Waals surface area contributed by atoms with Gasteiger partial charge in [-0.1, -0.05) is 23.2 Å². The average molecular weight is 151 g/mol. The van der Waals surface area contributed by atoms with Gasteiger partial charge in [-0.25, -0.2) is 4.79 Å². The standard InChI is InChI=1S/C3H4Cl2O2.Li.H/c1-3(4,5)2(6)7;;/h1H3,(H,6,7);;/q;+1;-1. The van der Waals surface area contributed by atoms with E-state index in [0.29, 0.717) is 0 Å². The van der Waals surface area contributed by atoms with Gasteiger partial charge in [0.25, 0.3) is 0 Å². The summed E-state index contributed by atoms with van der Waals surface area (Å²) in [5, 5.41) is 7.99. The fourth-order valence-electron chi connectivity index (χ4n) is 0.